The first-order chi connectivity index (χ1) is 8.32. The summed E-state index contributed by atoms with van der Waals surface area (Å²) in [4.78, 5) is 10.2. The molecule has 7 heteroatoms. The van der Waals surface area contributed by atoms with Crippen molar-refractivity contribution in [2.75, 3.05) is 0 Å². The van der Waals surface area contributed by atoms with E-state index in [0.29, 0.717) is 5.39 Å². The number of nitro groups is 1. The lowest BCUT2D eigenvalue weighted by Gasteiger charge is -2.14. The molecule has 1 atom stereocenters. The van der Waals surface area contributed by atoms with E-state index in [0.717, 1.165) is 18.3 Å². The fourth-order valence-electron chi connectivity index (χ4n) is 1.72. The van der Waals surface area contributed by atoms with Crippen molar-refractivity contribution in [3.8, 4) is 0 Å². The van der Waals surface area contributed by atoms with Gasteiger partial charge in [-0.3, -0.25) is 10.1 Å². The molecule has 2 rings (SSSR count). The molecule has 0 fully saturated rings. The molecule has 18 heavy (non-hydrogen) atoms. The third-order valence-electron chi connectivity index (χ3n) is 2.76. The van der Waals surface area contributed by atoms with Crippen molar-refractivity contribution in [2.24, 2.45) is 0 Å². The molecule has 1 aromatic carbocycles. The van der Waals surface area contributed by atoms with Crippen molar-refractivity contribution in [3.63, 3.8) is 0 Å². The van der Waals surface area contributed by atoms with Gasteiger partial charge >= 0.3 is 6.18 Å². The maximum absolute atomic E-state index is 12.7. The van der Waals surface area contributed by atoms with Crippen molar-refractivity contribution in [3.05, 3.63) is 39.3 Å². The third-order valence-corrected chi connectivity index (χ3v) is 3.80. The highest BCUT2D eigenvalue weighted by Crippen LogP contribution is 2.42. The Morgan fingerprint density at radius 2 is 2.06 bits per heavy atom. The molecule has 0 saturated carbocycles. The van der Waals surface area contributed by atoms with Gasteiger partial charge in [-0.1, -0.05) is 12.1 Å². The number of benzene rings is 1. The fourth-order valence-corrected chi connectivity index (χ4v) is 2.87. The number of halogens is 3. The number of alkyl halides is 3. The monoisotopic (exact) mass is 275 g/mol. The molecule has 0 aliphatic carbocycles. The zero-order valence-electron chi connectivity index (χ0n) is 9.19. The normalized spacial score (nSPS) is 13.8. The Balaban J connectivity index is 2.63. The molecular weight excluding hydrogens is 267 g/mol. The Labute approximate surface area is 104 Å². The minimum absolute atomic E-state index is 0.0891. The van der Waals surface area contributed by atoms with Crippen LogP contribution in [0.4, 0.5) is 18.9 Å². The predicted molar refractivity (Wildman–Crippen MR) is 62.9 cm³/mol. The summed E-state index contributed by atoms with van der Waals surface area (Å²) in [5.41, 5.74) is -0.0654. The summed E-state index contributed by atoms with van der Waals surface area (Å²) >= 11 is 0.972. The first-order valence-corrected chi connectivity index (χ1v) is 5.91. The molecule has 1 heterocycles. The van der Waals surface area contributed by atoms with Crippen LogP contribution in [0.5, 0.6) is 0 Å². The number of nitro benzene ring substituents is 1. The van der Waals surface area contributed by atoms with Crippen molar-refractivity contribution in [1.29, 1.82) is 0 Å². The van der Waals surface area contributed by atoms with Crippen LogP contribution in [0.25, 0.3) is 10.1 Å². The highest BCUT2D eigenvalue weighted by atomic mass is 32.1. The number of hydrogen-bond acceptors (Lipinski definition) is 3. The first-order valence-electron chi connectivity index (χ1n) is 5.03. The van der Waals surface area contributed by atoms with Gasteiger partial charge in [0.25, 0.3) is 5.69 Å². The second kappa shape index (κ2) is 4.24. The van der Waals surface area contributed by atoms with Gasteiger partial charge in [0.15, 0.2) is 0 Å². The average Bonchev–Trinajstić information content (AvgIpc) is 2.69. The number of thiophene rings is 1. The van der Waals surface area contributed by atoms with E-state index in [2.05, 4.69) is 0 Å². The fraction of sp³-hybridized carbons (Fsp3) is 0.273. The van der Waals surface area contributed by atoms with Gasteiger partial charge in [0, 0.05) is 11.5 Å². The molecule has 1 aromatic heterocycles. The quantitative estimate of drug-likeness (QED) is 0.599. The Bertz CT molecular complexity index is 606. The van der Waals surface area contributed by atoms with Crippen LogP contribution in [0.3, 0.4) is 0 Å². The SMILES string of the molecule is CC(c1csc2c([N+](=O)[O-])cccc12)C(F)(F)F. The van der Waals surface area contributed by atoms with Crippen LogP contribution in [0, 0.1) is 10.1 Å². The number of fused-ring (bicyclic) bond motifs is 1. The predicted octanol–water partition coefficient (Wildman–Crippen LogP) is 4.48. The second-order valence-corrected chi connectivity index (χ2v) is 4.74. The number of nitrogens with zero attached hydrogens (tertiary/aromatic N) is 1. The average molecular weight is 275 g/mol. The lowest BCUT2D eigenvalue weighted by Crippen LogP contribution is -2.17. The summed E-state index contributed by atoms with van der Waals surface area (Å²) in [7, 11) is 0. The van der Waals surface area contributed by atoms with E-state index in [9.17, 15) is 23.3 Å². The van der Waals surface area contributed by atoms with Gasteiger partial charge in [0.1, 0.15) is 4.70 Å². The summed E-state index contributed by atoms with van der Waals surface area (Å²) in [5, 5.41) is 12.4. The molecule has 0 aliphatic rings. The first kappa shape index (κ1) is 12.8. The summed E-state index contributed by atoms with van der Waals surface area (Å²) in [6.07, 6.45) is -4.35. The molecular formula is C11H8F3NO2S. The molecule has 0 aliphatic heterocycles. The van der Waals surface area contributed by atoms with Gasteiger partial charge in [0.2, 0.25) is 0 Å². The largest absolute Gasteiger partial charge is 0.395 e. The van der Waals surface area contributed by atoms with Crippen LogP contribution >= 0.6 is 11.3 Å². The van der Waals surface area contributed by atoms with Crippen molar-refractivity contribution < 1.29 is 18.1 Å². The lowest BCUT2D eigenvalue weighted by atomic mass is 10.00. The van der Waals surface area contributed by atoms with Gasteiger partial charge < -0.3 is 0 Å². The maximum Gasteiger partial charge on any atom is 0.395 e. The van der Waals surface area contributed by atoms with Gasteiger partial charge in [-0.15, -0.1) is 11.3 Å². The molecule has 0 bridgehead atoms. The Morgan fingerprint density at radius 1 is 1.39 bits per heavy atom. The molecule has 2 aromatic rings. The molecule has 0 saturated heterocycles. The molecule has 0 radical (unpaired) electrons. The molecule has 96 valence electrons. The van der Waals surface area contributed by atoms with E-state index in [1.807, 2.05) is 0 Å². The van der Waals surface area contributed by atoms with Crippen molar-refractivity contribution in [1.82, 2.24) is 0 Å². The number of hydrogen-bond donors (Lipinski definition) is 0. The van der Waals surface area contributed by atoms with Gasteiger partial charge in [0.05, 0.1) is 10.8 Å². The molecule has 3 nitrogen and oxygen atoms in total. The van der Waals surface area contributed by atoms with Crippen LogP contribution in [0.1, 0.15) is 18.4 Å². The number of non-ortho nitro benzene ring substituents is 1. The maximum atomic E-state index is 12.7. The Kier molecular flexibility index (Phi) is 3.02. The van der Waals surface area contributed by atoms with Gasteiger partial charge in [-0.2, -0.15) is 13.2 Å². The molecule has 1 unspecified atom stereocenters. The smallest absolute Gasteiger partial charge is 0.258 e. The third kappa shape index (κ3) is 2.05. The van der Waals surface area contributed by atoms with Crippen LogP contribution in [-0.2, 0) is 0 Å². The number of rotatable bonds is 2. The zero-order valence-corrected chi connectivity index (χ0v) is 10.0. The van der Waals surface area contributed by atoms with E-state index in [-0.39, 0.29) is 16.0 Å². The van der Waals surface area contributed by atoms with Crippen LogP contribution < -0.4 is 0 Å². The van der Waals surface area contributed by atoms with E-state index in [1.165, 1.54) is 23.6 Å². The molecule has 0 amide bonds. The minimum atomic E-state index is -4.35. The van der Waals surface area contributed by atoms with Gasteiger partial charge in [-0.25, -0.2) is 0 Å². The van der Waals surface area contributed by atoms with Crippen LogP contribution in [0.15, 0.2) is 23.6 Å². The summed E-state index contributed by atoms with van der Waals surface area (Å²) in [6.45, 7) is 1.06. The summed E-state index contributed by atoms with van der Waals surface area (Å²) < 4.78 is 38.3. The molecule has 0 N–H and O–H groups in total. The van der Waals surface area contributed by atoms with Gasteiger partial charge in [-0.05, 0) is 17.9 Å². The van der Waals surface area contributed by atoms with Crippen molar-refractivity contribution in [2.45, 2.75) is 19.0 Å². The highest BCUT2D eigenvalue weighted by Gasteiger charge is 2.38. The van der Waals surface area contributed by atoms with Crippen molar-refractivity contribution >= 4 is 27.1 Å². The van der Waals surface area contributed by atoms with E-state index < -0.39 is 17.0 Å². The van der Waals surface area contributed by atoms with E-state index in [4.69, 9.17) is 0 Å². The highest BCUT2D eigenvalue weighted by molar-refractivity contribution is 7.18. The Hall–Kier alpha value is -1.63. The summed E-state index contributed by atoms with van der Waals surface area (Å²) in [5.74, 6) is -1.63. The van der Waals surface area contributed by atoms with E-state index in [1.54, 1.807) is 0 Å². The standard InChI is InChI=1S/C11H8F3NO2S/c1-6(11(12,13)14)8-5-18-10-7(8)3-2-4-9(10)15(16)17/h2-6H,1H3. The summed E-state index contributed by atoms with van der Waals surface area (Å²) in [6, 6.07) is 4.18. The zero-order chi connectivity index (χ0) is 13.5. The van der Waals surface area contributed by atoms with Crippen LogP contribution in [-0.4, -0.2) is 11.1 Å². The Morgan fingerprint density at radius 3 is 2.61 bits per heavy atom. The van der Waals surface area contributed by atoms with E-state index >= 15 is 0 Å². The minimum Gasteiger partial charge on any atom is -0.258 e. The topological polar surface area (TPSA) is 43.1 Å². The lowest BCUT2D eigenvalue weighted by molar-refractivity contribution is -0.382. The van der Waals surface area contributed by atoms with Crippen LogP contribution in [0.2, 0.25) is 0 Å². The second-order valence-electron chi connectivity index (χ2n) is 3.87. The molecule has 0 spiro atoms.